The second kappa shape index (κ2) is 5.37. The van der Waals surface area contributed by atoms with Gasteiger partial charge in [0, 0.05) is 12.1 Å². The SMILES string of the molecule is Cc1cccc(-c2ccc(NCC3CC3)c(N)c2Cl)c1. The third kappa shape index (κ3) is 2.75. The molecule has 3 rings (SSSR count). The number of hydrogen-bond acceptors (Lipinski definition) is 2. The van der Waals surface area contributed by atoms with Crippen LogP contribution in [0.15, 0.2) is 36.4 Å². The largest absolute Gasteiger partial charge is 0.396 e. The molecule has 0 heterocycles. The zero-order chi connectivity index (χ0) is 14.1. The molecular formula is C17H19ClN2. The average molecular weight is 287 g/mol. The van der Waals surface area contributed by atoms with Crippen molar-refractivity contribution in [2.75, 3.05) is 17.6 Å². The molecule has 2 nitrogen and oxygen atoms in total. The average Bonchev–Trinajstić information content (AvgIpc) is 3.24. The van der Waals surface area contributed by atoms with Crippen molar-refractivity contribution in [3.05, 3.63) is 47.0 Å². The van der Waals surface area contributed by atoms with Crippen molar-refractivity contribution in [2.45, 2.75) is 19.8 Å². The molecule has 0 spiro atoms. The van der Waals surface area contributed by atoms with Gasteiger partial charge in [0.2, 0.25) is 0 Å². The van der Waals surface area contributed by atoms with Crippen molar-refractivity contribution < 1.29 is 0 Å². The van der Waals surface area contributed by atoms with E-state index in [9.17, 15) is 0 Å². The third-order valence-corrected chi connectivity index (χ3v) is 4.19. The van der Waals surface area contributed by atoms with E-state index in [0.29, 0.717) is 10.7 Å². The second-order valence-corrected chi connectivity index (χ2v) is 5.96. The monoisotopic (exact) mass is 286 g/mol. The highest BCUT2D eigenvalue weighted by molar-refractivity contribution is 6.36. The Morgan fingerprint density at radius 3 is 2.75 bits per heavy atom. The maximum atomic E-state index is 6.45. The highest BCUT2D eigenvalue weighted by atomic mass is 35.5. The molecule has 0 unspecified atom stereocenters. The second-order valence-electron chi connectivity index (χ2n) is 5.58. The molecule has 0 amide bonds. The first-order chi connectivity index (χ1) is 9.65. The Morgan fingerprint density at radius 2 is 2.05 bits per heavy atom. The first-order valence-electron chi connectivity index (χ1n) is 7.04. The molecule has 0 bridgehead atoms. The van der Waals surface area contributed by atoms with Crippen LogP contribution in [0, 0.1) is 12.8 Å². The van der Waals surface area contributed by atoms with Gasteiger partial charge in [-0.1, -0.05) is 47.5 Å². The van der Waals surface area contributed by atoms with E-state index in [-0.39, 0.29) is 0 Å². The van der Waals surface area contributed by atoms with E-state index in [0.717, 1.165) is 29.3 Å². The lowest BCUT2D eigenvalue weighted by Crippen LogP contribution is -2.06. The Labute approximate surface area is 125 Å². The van der Waals surface area contributed by atoms with Crippen molar-refractivity contribution in [3.63, 3.8) is 0 Å². The van der Waals surface area contributed by atoms with E-state index in [1.54, 1.807) is 0 Å². The fraction of sp³-hybridized carbons (Fsp3) is 0.294. The molecule has 0 aliphatic heterocycles. The summed E-state index contributed by atoms with van der Waals surface area (Å²) in [4.78, 5) is 0. The van der Waals surface area contributed by atoms with Crippen LogP contribution in [0.5, 0.6) is 0 Å². The molecule has 1 fully saturated rings. The van der Waals surface area contributed by atoms with E-state index >= 15 is 0 Å². The van der Waals surface area contributed by atoms with Gasteiger partial charge in [0.25, 0.3) is 0 Å². The first kappa shape index (κ1) is 13.3. The minimum atomic E-state index is 0.636. The lowest BCUT2D eigenvalue weighted by molar-refractivity contribution is 0.890. The fourth-order valence-corrected chi connectivity index (χ4v) is 2.63. The van der Waals surface area contributed by atoms with Crippen LogP contribution < -0.4 is 11.1 Å². The molecule has 1 aliphatic carbocycles. The normalized spacial score (nSPS) is 14.3. The Bertz CT molecular complexity index is 633. The van der Waals surface area contributed by atoms with Crippen molar-refractivity contribution in [1.29, 1.82) is 0 Å². The van der Waals surface area contributed by atoms with Crippen molar-refractivity contribution in [1.82, 2.24) is 0 Å². The number of hydrogen-bond donors (Lipinski definition) is 2. The number of nitrogen functional groups attached to an aromatic ring is 1. The topological polar surface area (TPSA) is 38.0 Å². The molecule has 0 saturated heterocycles. The van der Waals surface area contributed by atoms with Gasteiger partial charge in [0.05, 0.1) is 16.4 Å². The number of halogens is 1. The summed E-state index contributed by atoms with van der Waals surface area (Å²) in [6, 6.07) is 12.4. The Morgan fingerprint density at radius 1 is 1.25 bits per heavy atom. The van der Waals surface area contributed by atoms with Gasteiger partial charge in [-0.3, -0.25) is 0 Å². The smallest absolute Gasteiger partial charge is 0.0745 e. The Kier molecular flexibility index (Phi) is 3.58. The van der Waals surface area contributed by atoms with Crippen LogP contribution in [0.25, 0.3) is 11.1 Å². The third-order valence-electron chi connectivity index (χ3n) is 3.79. The van der Waals surface area contributed by atoms with E-state index < -0.39 is 0 Å². The standard InChI is InChI=1S/C17H19ClN2/c1-11-3-2-4-13(9-11)14-7-8-15(17(19)16(14)18)20-10-12-5-6-12/h2-4,7-9,12,20H,5-6,10,19H2,1H3. The summed E-state index contributed by atoms with van der Waals surface area (Å²) in [6.45, 7) is 3.07. The molecule has 0 atom stereocenters. The molecule has 0 radical (unpaired) electrons. The summed E-state index contributed by atoms with van der Waals surface area (Å²) in [6.07, 6.45) is 2.64. The van der Waals surface area contributed by atoms with E-state index in [2.05, 4.69) is 30.4 Å². The summed E-state index contributed by atoms with van der Waals surface area (Å²) >= 11 is 6.45. The van der Waals surface area contributed by atoms with E-state index in [4.69, 9.17) is 17.3 Å². The predicted octanol–water partition coefficient (Wildman–Crippen LogP) is 4.72. The van der Waals surface area contributed by atoms with Crippen LogP contribution in [-0.2, 0) is 0 Å². The molecule has 1 saturated carbocycles. The summed E-state index contributed by atoms with van der Waals surface area (Å²) in [7, 11) is 0. The van der Waals surface area contributed by atoms with Crippen LogP contribution in [0.2, 0.25) is 5.02 Å². The van der Waals surface area contributed by atoms with Crippen LogP contribution >= 0.6 is 11.6 Å². The Hall–Kier alpha value is -1.67. The van der Waals surface area contributed by atoms with Gasteiger partial charge in [-0.15, -0.1) is 0 Å². The Balaban J connectivity index is 1.90. The van der Waals surface area contributed by atoms with Gasteiger partial charge in [-0.2, -0.15) is 0 Å². The molecule has 104 valence electrons. The van der Waals surface area contributed by atoms with Gasteiger partial charge < -0.3 is 11.1 Å². The summed E-state index contributed by atoms with van der Waals surface area (Å²) in [5.74, 6) is 0.810. The number of anilines is 2. The molecule has 1 aliphatic rings. The van der Waals surface area contributed by atoms with Crippen LogP contribution in [-0.4, -0.2) is 6.54 Å². The number of benzene rings is 2. The lowest BCUT2D eigenvalue weighted by atomic mass is 10.0. The van der Waals surface area contributed by atoms with Crippen LogP contribution in [0.4, 0.5) is 11.4 Å². The van der Waals surface area contributed by atoms with Gasteiger partial charge in [0.1, 0.15) is 0 Å². The van der Waals surface area contributed by atoms with E-state index in [1.165, 1.54) is 18.4 Å². The predicted molar refractivity (Wildman–Crippen MR) is 87.3 cm³/mol. The van der Waals surface area contributed by atoms with Gasteiger partial charge in [-0.05, 0) is 37.3 Å². The van der Waals surface area contributed by atoms with Gasteiger partial charge >= 0.3 is 0 Å². The molecule has 20 heavy (non-hydrogen) atoms. The minimum absolute atomic E-state index is 0.636. The van der Waals surface area contributed by atoms with Gasteiger partial charge in [-0.25, -0.2) is 0 Å². The number of rotatable bonds is 4. The molecular weight excluding hydrogens is 268 g/mol. The maximum absolute atomic E-state index is 6.45. The summed E-state index contributed by atoms with van der Waals surface area (Å²) in [5, 5.41) is 4.03. The fourth-order valence-electron chi connectivity index (χ4n) is 2.36. The van der Waals surface area contributed by atoms with Crippen molar-refractivity contribution >= 4 is 23.0 Å². The highest BCUT2D eigenvalue weighted by Gasteiger charge is 2.21. The van der Waals surface area contributed by atoms with Crippen LogP contribution in [0.1, 0.15) is 18.4 Å². The minimum Gasteiger partial charge on any atom is -0.396 e. The van der Waals surface area contributed by atoms with Gasteiger partial charge in [0.15, 0.2) is 0 Å². The molecule has 2 aromatic rings. The number of nitrogens with two attached hydrogens (primary N) is 1. The first-order valence-corrected chi connectivity index (χ1v) is 7.42. The molecule has 3 N–H and O–H groups in total. The number of nitrogens with one attached hydrogen (secondary N) is 1. The van der Waals surface area contributed by atoms with E-state index in [1.807, 2.05) is 18.2 Å². The van der Waals surface area contributed by atoms with Crippen molar-refractivity contribution in [3.8, 4) is 11.1 Å². The van der Waals surface area contributed by atoms with Crippen molar-refractivity contribution in [2.24, 2.45) is 5.92 Å². The maximum Gasteiger partial charge on any atom is 0.0745 e. The summed E-state index contributed by atoms with van der Waals surface area (Å²) < 4.78 is 0. The zero-order valence-electron chi connectivity index (χ0n) is 11.6. The molecule has 0 aromatic heterocycles. The highest BCUT2D eigenvalue weighted by Crippen LogP contribution is 2.38. The number of aryl methyl sites for hydroxylation is 1. The zero-order valence-corrected chi connectivity index (χ0v) is 12.4. The van der Waals surface area contributed by atoms with Crippen LogP contribution in [0.3, 0.4) is 0 Å². The molecule has 3 heteroatoms. The molecule has 2 aromatic carbocycles. The quantitative estimate of drug-likeness (QED) is 0.798. The lowest BCUT2D eigenvalue weighted by Gasteiger charge is -2.14. The summed E-state index contributed by atoms with van der Waals surface area (Å²) in [5.41, 5.74) is 11.1.